The second-order valence-corrected chi connectivity index (χ2v) is 8.23. The predicted molar refractivity (Wildman–Crippen MR) is 98.5 cm³/mol. The van der Waals surface area contributed by atoms with E-state index in [4.69, 9.17) is 11.6 Å². The molecule has 12 heteroatoms. The van der Waals surface area contributed by atoms with Crippen LogP contribution in [0.3, 0.4) is 0 Å². The summed E-state index contributed by atoms with van der Waals surface area (Å²) in [6.45, 7) is 3.68. The lowest BCUT2D eigenvalue weighted by Crippen LogP contribution is -2.12. The zero-order valence-electron chi connectivity index (χ0n) is 14.2. The van der Waals surface area contributed by atoms with E-state index in [1.807, 2.05) is 20.0 Å². The Morgan fingerprint density at radius 2 is 2.00 bits per heavy atom. The highest BCUT2D eigenvalue weighted by atomic mass is 35.5. The fraction of sp³-hybridized carbons (Fsp3) is 0.200. The first-order valence-corrected chi connectivity index (χ1v) is 9.99. The van der Waals surface area contributed by atoms with Crippen LogP contribution in [-0.4, -0.2) is 38.9 Å². The molecular formula is C15H14ClN6O4P. The predicted octanol–water partition coefficient (Wildman–Crippen LogP) is 1.70. The zero-order valence-corrected chi connectivity index (χ0v) is 15.9. The topological polar surface area (TPSA) is 138 Å². The second kappa shape index (κ2) is 6.00. The average molecular weight is 409 g/mol. The minimum Gasteiger partial charge on any atom is -0.324 e. The van der Waals surface area contributed by atoms with Crippen molar-refractivity contribution >= 4 is 35.9 Å². The van der Waals surface area contributed by atoms with E-state index in [9.17, 15) is 19.1 Å². The Morgan fingerprint density at radius 3 is 2.63 bits per heavy atom. The molecule has 0 fully saturated rings. The van der Waals surface area contributed by atoms with Crippen molar-refractivity contribution in [3.63, 3.8) is 0 Å². The average Bonchev–Trinajstić information content (AvgIpc) is 3.09. The number of fused-ring (bicyclic) bond motifs is 3. The Balaban J connectivity index is 2.09. The summed E-state index contributed by atoms with van der Waals surface area (Å²) < 4.78 is 14.6. The molecule has 140 valence electrons. The quantitative estimate of drug-likeness (QED) is 0.438. The van der Waals surface area contributed by atoms with Crippen LogP contribution in [0.4, 0.5) is 0 Å². The first kappa shape index (κ1) is 17.9. The van der Waals surface area contributed by atoms with Crippen LogP contribution in [-0.2, 0) is 10.7 Å². The minimum absolute atomic E-state index is 0.0127. The lowest BCUT2D eigenvalue weighted by molar-refractivity contribution is 0.370. The van der Waals surface area contributed by atoms with Crippen LogP contribution in [0, 0.1) is 13.8 Å². The number of nitrogens with one attached hydrogen (secondary N) is 1. The van der Waals surface area contributed by atoms with Gasteiger partial charge < -0.3 is 19.3 Å². The largest absolute Gasteiger partial charge is 0.333 e. The second-order valence-electron chi connectivity index (χ2n) is 6.17. The number of H-pyrrole nitrogens is 1. The summed E-state index contributed by atoms with van der Waals surface area (Å²) in [5.74, 6) is 0.704. The number of aromatic amines is 1. The van der Waals surface area contributed by atoms with E-state index in [1.165, 1.54) is 4.40 Å². The number of rotatable bonds is 3. The Bertz CT molecular complexity index is 1320. The van der Waals surface area contributed by atoms with Crippen molar-refractivity contribution in [2.75, 3.05) is 0 Å². The summed E-state index contributed by atoms with van der Waals surface area (Å²) in [7, 11) is -4.41. The number of imidazole rings is 1. The molecular weight excluding hydrogens is 395 g/mol. The van der Waals surface area contributed by atoms with E-state index in [0.29, 0.717) is 27.6 Å². The summed E-state index contributed by atoms with van der Waals surface area (Å²) in [6.07, 6.45) is 1.17. The van der Waals surface area contributed by atoms with E-state index >= 15 is 0 Å². The van der Waals surface area contributed by atoms with Gasteiger partial charge in [0.25, 0.3) is 5.56 Å². The highest BCUT2D eigenvalue weighted by Crippen LogP contribution is 2.39. The number of nitrogens with zero attached hydrogens (tertiary/aromatic N) is 5. The molecule has 0 aliphatic carbocycles. The van der Waals surface area contributed by atoms with Crippen molar-refractivity contribution in [3.8, 4) is 5.69 Å². The van der Waals surface area contributed by atoms with Crippen LogP contribution in [0.1, 0.15) is 17.3 Å². The van der Waals surface area contributed by atoms with Crippen molar-refractivity contribution in [2.24, 2.45) is 0 Å². The Morgan fingerprint density at radius 1 is 1.26 bits per heavy atom. The fourth-order valence-corrected chi connectivity index (χ4v) is 3.89. The minimum atomic E-state index is -4.41. The summed E-state index contributed by atoms with van der Waals surface area (Å²) in [5.41, 5.74) is 1.67. The van der Waals surface area contributed by atoms with Gasteiger partial charge in [-0.3, -0.25) is 13.8 Å². The van der Waals surface area contributed by atoms with Crippen LogP contribution >= 0.6 is 19.2 Å². The summed E-state index contributed by atoms with van der Waals surface area (Å²) in [5, 5.41) is 7.94. The van der Waals surface area contributed by atoms with E-state index in [-0.39, 0.29) is 11.5 Å². The third-order valence-electron chi connectivity index (χ3n) is 4.10. The van der Waals surface area contributed by atoms with Crippen molar-refractivity contribution in [1.82, 2.24) is 29.1 Å². The van der Waals surface area contributed by atoms with Gasteiger partial charge in [-0.1, -0.05) is 11.6 Å². The molecule has 0 atom stereocenters. The SMILES string of the molecule is Cc1cn(-c2cc3c(cc2Cl)[nH]c(=O)c2nnc(CP(=O)(O)O)n23)c(C)n1. The van der Waals surface area contributed by atoms with Gasteiger partial charge in [0.05, 0.1) is 27.4 Å². The molecule has 0 saturated heterocycles. The van der Waals surface area contributed by atoms with E-state index in [0.717, 1.165) is 5.69 Å². The maximum absolute atomic E-state index is 12.3. The molecule has 0 unspecified atom stereocenters. The van der Waals surface area contributed by atoms with Crippen molar-refractivity contribution in [2.45, 2.75) is 20.0 Å². The molecule has 0 amide bonds. The number of benzene rings is 1. The van der Waals surface area contributed by atoms with Gasteiger partial charge in [0.15, 0.2) is 0 Å². The van der Waals surface area contributed by atoms with Crippen LogP contribution < -0.4 is 5.56 Å². The molecule has 0 aliphatic heterocycles. The molecule has 4 aromatic rings. The van der Waals surface area contributed by atoms with Gasteiger partial charge in [-0.05, 0) is 26.0 Å². The summed E-state index contributed by atoms with van der Waals surface area (Å²) in [6, 6.07) is 3.27. The highest BCUT2D eigenvalue weighted by molar-refractivity contribution is 7.50. The molecule has 0 radical (unpaired) electrons. The van der Waals surface area contributed by atoms with E-state index in [1.54, 1.807) is 16.7 Å². The van der Waals surface area contributed by atoms with Crippen molar-refractivity contribution in [1.29, 1.82) is 0 Å². The lowest BCUT2D eigenvalue weighted by Gasteiger charge is -2.11. The lowest BCUT2D eigenvalue weighted by atomic mass is 10.2. The molecule has 3 N–H and O–H groups in total. The molecule has 0 aliphatic rings. The van der Waals surface area contributed by atoms with Crippen molar-refractivity contribution < 1.29 is 14.4 Å². The molecule has 10 nitrogen and oxygen atoms in total. The third kappa shape index (κ3) is 3.06. The highest BCUT2D eigenvalue weighted by Gasteiger charge is 2.22. The number of hydrogen-bond acceptors (Lipinski definition) is 5. The first-order chi connectivity index (χ1) is 12.6. The monoisotopic (exact) mass is 408 g/mol. The molecule has 0 saturated carbocycles. The van der Waals surface area contributed by atoms with Crippen LogP contribution in [0.5, 0.6) is 0 Å². The maximum Gasteiger partial charge on any atom is 0.333 e. The first-order valence-electron chi connectivity index (χ1n) is 7.81. The fourth-order valence-electron chi connectivity index (χ4n) is 3.06. The van der Waals surface area contributed by atoms with Crippen LogP contribution in [0.15, 0.2) is 23.1 Å². The van der Waals surface area contributed by atoms with Gasteiger partial charge in [-0.15, -0.1) is 10.2 Å². The van der Waals surface area contributed by atoms with E-state index in [2.05, 4.69) is 20.2 Å². The smallest absolute Gasteiger partial charge is 0.324 e. The molecule has 1 aromatic carbocycles. The number of aryl methyl sites for hydroxylation is 2. The third-order valence-corrected chi connectivity index (χ3v) is 5.09. The number of hydrogen-bond donors (Lipinski definition) is 3. The molecule has 27 heavy (non-hydrogen) atoms. The van der Waals surface area contributed by atoms with Gasteiger partial charge in [0.2, 0.25) is 5.65 Å². The van der Waals surface area contributed by atoms with E-state index < -0.39 is 19.3 Å². The maximum atomic E-state index is 12.3. The van der Waals surface area contributed by atoms with Crippen LogP contribution in [0.25, 0.3) is 22.4 Å². The van der Waals surface area contributed by atoms with Gasteiger partial charge in [-0.25, -0.2) is 4.98 Å². The Hall–Kier alpha value is -2.52. The standard InChI is InChI=1S/C15H14ClN6O4P/c1-7-5-21(8(2)17-7)11-4-12-10(3-9(11)16)18-15(23)14-20-19-13(22(12)14)6-27(24,25)26/h3-5H,6H2,1-2H3,(H,18,23)(H2,24,25,26). The normalized spacial score (nSPS) is 12.3. The number of aromatic nitrogens is 6. The zero-order chi connectivity index (χ0) is 19.5. The molecule has 0 bridgehead atoms. The van der Waals surface area contributed by atoms with Gasteiger partial charge >= 0.3 is 7.60 Å². The van der Waals surface area contributed by atoms with Gasteiger partial charge in [-0.2, -0.15) is 0 Å². The number of halogens is 1. The van der Waals surface area contributed by atoms with Gasteiger partial charge in [0.1, 0.15) is 17.8 Å². The Kier molecular flexibility index (Phi) is 3.97. The summed E-state index contributed by atoms with van der Waals surface area (Å²) in [4.78, 5) is 37.9. The van der Waals surface area contributed by atoms with Crippen LogP contribution in [0.2, 0.25) is 5.02 Å². The molecule has 0 spiro atoms. The Labute approximate surface area is 156 Å². The molecule has 4 rings (SSSR count). The summed E-state index contributed by atoms with van der Waals surface area (Å²) >= 11 is 6.41. The van der Waals surface area contributed by atoms with Crippen molar-refractivity contribution in [3.05, 3.63) is 51.0 Å². The molecule has 3 heterocycles. The molecule has 3 aromatic heterocycles. The van der Waals surface area contributed by atoms with Gasteiger partial charge in [0, 0.05) is 6.20 Å².